The van der Waals surface area contributed by atoms with Crippen molar-refractivity contribution in [1.29, 1.82) is 0 Å². The molecule has 4 rings (SSSR count). The Morgan fingerprint density at radius 2 is 1.32 bits per heavy atom. The largest absolute Gasteiger partial charge is 0.486 e. The van der Waals surface area contributed by atoms with Crippen molar-refractivity contribution in [3.63, 3.8) is 0 Å². The molecule has 0 saturated carbocycles. The number of nitrogens with zero attached hydrogens (tertiary/aromatic N) is 1. The zero-order valence-electron chi connectivity index (χ0n) is 16.3. The second-order valence-electron chi connectivity index (χ2n) is 7.14. The maximum atomic E-state index is 12.8. The number of carbonyl (C=O) groups is 2. The van der Waals surface area contributed by atoms with E-state index >= 15 is 0 Å². The predicted octanol–water partition coefficient (Wildman–Crippen LogP) is 5.51. The Morgan fingerprint density at radius 3 is 1.87 bits per heavy atom. The van der Waals surface area contributed by atoms with Gasteiger partial charge < -0.3 is 4.74 Å². The Bertz CT molecular complexity index is 1060. The number of benzene rings is 3. The molecule has 4 nitrogen and oxygen atoms in total. The summed E-state index contributed by atoms with van der Waals surface area (Å²) in [6, 6.07) is 20.2. The molecule has 31 heavy (non-hydrogen) atoms. The summed E-state index contributed by atoms with van der Waals surface area (Å²) >= 11 is 0. The lowest BCUT2D eigenvalue weighted by Gasteiger charge is -2.22. The quantitative estimate of drug-likeness (QED) is 0.489. The minimum Gasteiger partial charge on any atom is -0.486 e. The number of ether oxygens (including phenoxy) is 1. The Kier molecular flexibility index (Phi) is 5.50. The third-order valence-corrected chi connectivity index (χ3v) is 5.12. The highest BCUT2D eigenvalue weighted by Gasteiger charge is 2.35. The van der Waals surface area contributed by atoms with Gasteiger partial charge in [-0.25, -0.2) is 0 Å². The fourth-order valence-corrected chi connectivity index (χ4v) is 3.54. The van der Waals surface area contributed by atoms with Crippen molar-refractivity contribution in [2.45, 2.75) is 18.7 Å². The highest BCUT2D eigenvalue weighted by atomic mass is 19.4. The first-order chi connectivity index (χ1) is 14.8. The van der Waals surface area contributed by atoms with E-state index < -0.39 is 17.8 Å². The predicted molar refractivity (Wildman–Crippen MR) is 108 cm³/mol. The molecule has 0 bridgehead atoms. The van der Waals surface area contributed by atoms with Crippen LogP contribution in [0.25, 0.3) is 0 Å². The van der Waals surface area contributed by atoms with Crippen molar-refractivity contribution < 1.29 is 27.5 Å². The SMILES string of the molecule is O=C1c2ccccc2C(=O)N1CCC(Oc1ccc(C(F)(F)F)cc1)c1ccccc1. The summed E-state index contributed by atoms with van der Waals surface area (Å²) in [6.07, 6.45) is -4.69. The summed E-state index contributed by atoms with van der Waals surface area (Å²) in [5, 5.41) is 0. The number of amides is 2. The van der Waals surface area contributed by atoms with Crippen LogP contribution >= 0.6 is 0 Å². The fraction of sp³-hybridized carbons (Fsp3) is 0.167. The maximum Gasteiger partial charge on any atom is 0.416 e. The van der Waals surface area contributed by atoms with Crippen LogP contribution in [-0.2, 0) is 6.18 Å². The zero-order chi connectivity index (χ0) is 22.0. The van der Waals surface area contributed by atoms with Crippen LogP contribution in [0.15, 0.2) is 78.9 Å². The van der Waals surface area contributed by atoms with E-state index in [4.69, 9.17) is 4.74 Å². The molecular formula is C24H18F3NO3. The van der Waals surface area contributed by atoms with E-state index in [1.54, 1.807) is 24.3 Å². The van der Waals surface area contributed by atoms with Gasteiger partial charge in [-0.15, -0.1) is 0 Å². The van der Waals surface area contributed by atoms with Gasteiger partial charge in [-0.1, -0.05) is 42.5 Å². The van der Waals surface area contributed by atoms with Crippen LogP contribution in [0.3, 0.4) is 0 Å². The number of fused-ring (bicyclic) bond motifs is 1. The van der Waals surface area contributed by atoms with Crippen molar-refractivity contribution in [3.8, 4) is 5.75 Å². The number of halogens is 3. The molecule has 0 N–H and O–H groups in total. The van der Waals surface area contributed by atoms with Gasteiger partial charge in [0.15, 0.2) is 0 Å². The molecule has 1 aliphatic rings. The molecule has 2 amide bonds. The molecule has 1 aliphatic heterocycles. The molecule has 0 saturated heterocycles. The van der Waals surface area contributed by atoms with Gasteiger partial charge in [-0.2, -0.15) is 13.2 Å². The first kappa shape index (κ1) is 20.7. The van der Waals surface area contributed by atoms with Gasteiger partial charge in [-0.3, -0.25) is 14.5 Å². The molecular weight excluding hydrogens is 407 g/mol. The Labute approximate surface area is 176 Å². The van der Waals surface area contributed by atoms with E-state index in [9.17, 15) is 22.8 Å². The van der Waals surface area contributed by atoms with E-state index in [1.165, 1.54) is 17.0 Å². The first-order valence-corrected chi connectivity index (χ1v) is 9.68. The molecule has 0 spiro atoms. The lowest BCUT2D eigenvalue weighted by Crippen LogP contribution is -2.32. The lowest BCUT2D eigenvalue weighted by molar-refractivity contribution is -0.137. The summed E-state index contributed by atoms with van der Waals surface area (Å²) in [6.45, 7) is 0.118. The average molecular weight is 425 g/mol. The third kappa shape index (κ3) is 4.30. The van der Waals surface area contributed by atoms with Crippen molar-refractivity contribution in [2.75, 3.05) is 6.54 Å². The van der Waals surface area contributed by atoms with E-state index in [2.05, 4.69) is 0 Å². The van der Waals surface area contributed by atoms with Crippen LogP contribution < -0.4 is 4.74 Å². The van der Waals surface area contributed by atoms with Crippen LogP contribution in [0.2, 0.25) is 0 Å². The van der Waals surface area contributed by atoms with Gasteiger partial charge in [0.1, 0.15) is 11.9 Å². The first-order valence-electron chi connectivity index (χ1n) is 9.68. The van der Waals surface area contributed by atoms with Crippen molar-refractivity contribution >= 4 is 11.8 Å². The van der Waals surface area contributed by atoms with E-state index in [0.717, 1.165) is 17.7 Å². The van der Waals surface area contributed by atoms with Crippen molar-refractivity contribution in [3.05, 3.63) is 101 Å². The normalized spacial score (nSPS) is 14.5. The van der Waals surface area contributed by atoms with Crippen molar-refractivity contribution in [1.82, 2.24) is 4.90 Å². The number of hydrogen-bond acceptors (Lipinski definition) is 3. The number of rotatable bonds is 6. The Hall–Kier alpha value is -3.61. The molecule has 1 heterocycles. The summed E-state index contributed by atoms with van der Waals surface area (Å²) < 4.78 is 44.4. The second kappa shape index (κ2) is 8.26. The molecule has 3 aromatic rings. The highest BCUT2D eigenvalue weighted by Crippen LogP contribution is 2.32. The Morgan fingerprint density at radius 1 is 0.774 bits per heavy atom. The summed E-state index contributed by atoms with van der Waals surface area (Å²) in [5.41, 5.74) is 0.765. The fourth-order valence-electron chi connectivity index (χ4n) is 3.54. The molecule has 158 valence electrons. The molecule has 0 aliphatic carbocycles. The Balaban J connectivity index is 1.52. The minimum absolute atomic E-state index is 0.118. The number of hydrogen-bond donors (Lipinski definition) is 0. The van der Waals surface area contributed by atoms with Gasteiger partial charge in [0.05, 0.1) is 16.7 Å². The topological polar surface area (TPSA) is 46.6 Å². The van der Waals surface area contributed by atoms with Crippen LogP contribution in [-0.4, -0.2) is 23.3 Å². The molecule has 1 unspecified atom stereocenters. The summed E-state index contributed by atoms with van der Waals surface area (Å²) in [4.78, 5) is 26.4. The van der Waals surface area contributed by atoms with Crippen molar-refractivity contribution in [2.24, 2.45) is 0 Å². The van der Waals surface area contributed by atoms with Crippen LogP contribution in [0.4, 0.5) is 13.2 Å². The van der Waals surface area contributed by atoms with E-state index in [0.29, 0.717) is 11.1 Å². The minimum atomic E-state index is -4.43. The summed E-state index contributed by atoms with van der Waals surface area (Å²) in [5.74, 6) is -0.451. The maximum absolute atomic E-state index is 12.8. The van der Waals surface area contributed by atoms with Gasteiger partial charge >= 0.3 is 6.18 Å². The molecule has 7 heteroatoms. The number of alkyl halides is 3. The third-order valence-electron chi connectivity index (χ3n) is 5.12. The monoisotopic (exact) mass is 425 g/mol. The standard InChI is InChI=1S/C24H18F3NO3/c25-24(26,27)17-10-12-18(13-11-17)31-21(16-6-2-1-3-7-16)14-15-28-22(29)19-8-4-5-9-20(19)23(28)30/h1-13,21H,14-15H2. The van der Waals surface area contributed by atoms with Crippen LogP contribution in [0, 0.1) is 0 Å². The summed E-state index contributed by atoms with van der Waals surface area (Å²) in [7, 11) is 0. The van der Waals surface area contributed by atoms with Gasteiger partial charge in [-0.05, 0) is 42.0 Å². The molecule has 3 aromatic carbocycles. The second-order valence-corrected chi connectivity index (χ2v) is 7.14. The number of carbonyl (C=O) groups excluding carboxylic acids is 2. The lowest BCUT2D eigenvalue weighted by atomic mass is 10.1. The van der Waals surface area contributed by atoms with Gasteiger partial charge in [0.2, 0.25) is 0 Å². The van der Waals surface area contributed by atoms with Gasteiger partial charge in [0, 0.05) is 13.0 Å². The molecule has 0 radical (unpaired) electrons. The average Bonchev–Trinajstić information content (AvgIpc) is 3.02. The van der Waals surface area contributed by atoms with Crippen LogP contribution in [0.5, 0.6) is 5.75 Å². The van der Waals surface area contributed by atoms with Gasteiger partial charge in [0.25, 0.3) is 11.8 Å². The highest BCUT2D eigenvalue weighted by molar-refractivity contribution is 6.21. The van der Waals surface area contributed by atoms with Crippen LogP contribution in [0.1, 0.15) is 44.4 Å². The van der Waals surface area contributed by atoms with E-state index in [-0.39, 0.29) is 30.5 Å². The van der Waals surface area contributed by atoms with E-state index in [1.807, 2.05) is 30.3 Å². The number of imide groups is 1. The smallest absolute Gasteiger partial charge is 0.416 e. The zero-order valence-corrected chi connectivity index (χ0v) is 16.3. The molecule has 0 fully saturated rings. The molecule has 0 aromatic heterocycles. The molecule has 1 atom stereocenters.